The summed E-state index contributed by atoms with van der Waals surface area (Å²) in [4.78, 5) is 16.0. The number of hydrogen-bond donors (Lipinski definition) is 1. The first-order valence-corrected chi connectivity index (χ1v) is 6.60. The highest BCUT2D eigenvalue weighted by atomic mass is 32.1. The molecule has 6 heteroatoms. The van der Waals surface area contributed by atoms with Gasteiger partial charge < -0.3 is 5.73 Å². The molecule has 0 atom stereocenters. The molecule has 0 saturated carbocycles. The van der Waals surface area contributed by atoms with E-state index in [-0.39, 0.29) is 23.5 Å². The number of nitrogens with zero attached hydrogens (tertiary/aromatic N) is 1. The molecule has 1 aromatic carbocycles. The molecule has 100 valence electrons. The van der Waals surface area contributed by atoms with Crippen LogP contribution in [0.3, 0.4) is 0 Å². The molecule has 0 aliphatic rings. The van der Waals surface area contributed by atoms with Crippen LogP contribution in [0.25, 0.3) is 0 Å². The molecule has 2 N–H and O–H groups in total. The summed E-state index contributed by atoms with van der Waals surface area (Å²) in [5.41, 5.74) is 5.71. The predicted octanol–water partition coefficient (Wildman–Crippen LogP) is 2.35. The molecular formula is C13H12F2N2OS. The first-order chi connectivity index (χ1) is 9.11. The lowest BCUT2D eigenvalue weighted by atomic mass is 10.1. The molecule has 19 heavy (non-hydrogen) atoms. The number of hydrogen-bond acceptors (Lipinski definition) is 4. The zero-order chi connectivity index (χ0) is 13.8. The van der Waals surface area contributed by atoms with E-state index in [0.29, 0.717) is 13.0 Å². The summed E-state index contributed by atoms with van der Waals surface area (Å²) in [5, 5.41) is 2.38. The quantitative estimate of drug-likeness (QED) is 0.856. The summed E-state index contributed by atoms with van der Waals surface area (Å²) in [7, 11) is 0. The van der Waals surface area contributed by atoms with E-state index in [9.17, 15) is 13.6 Å². The van der Waals surface area contributed by atoms with Gasteiger partial charge in [-0.25, -0.2) is 13.8 Å². The zero-order valence-electron chi connectivity index (χ0n) is 10.0. The lowest BCUT2D eigenvalue weighted by Crippen LogP contribution is -2.07. The minimum absolute atomic E-state index is 0.0402. The fraction of sp³-hybridized carbons (Fsp3) is 0.231. The van der Waals surface area contributed by atoms with Crippen molar-refractivity contribution in [1.29, 1.82) is 0 Å². The Morgan fingerprint density at radius 3 is 2.89 bits per heavy atom. The maximum absolute atomic E-state index is 13.4. The third-order valence-electron chi connectivity index (χ3n) is 2.58. The number of benzene rings is 1. The minimum atomic E-state index is -0.978. The van der Waals surface area contributed by atoms with Gasteiger partial charge in [-0.15, -0.1) is 11.3 Å². The lowest BCUT2D eigenvalue weighted by Gasteiger charge is -2.01. The minimum Gasteiger partial charge on any atom is -0.330 e. The number of nitrogens with two attached hydrogens (primary N) is 1. The summed E-state index contributed by atoms with van der Waals surface area (Å²) >= 11 is 1.34. The maximum atomic E-state index is 13.4. The number of carbonyl (C=O) groups is 1. The molecule has 1 aromatic heterocycles. The summed E-state index contributed by atoms with van der Waals surface area (Å²) in [5.74, 6) is -2.26. The normalized spacial score (nSPS) is 10.7. The Morgan fingerprint density at radius 2 is 2.16 bits per heavy atom. The Kier molecular flexibility index (Phi) is 4.34. The third kappa shape index (κ3) is 3.21. The van der Waals surface area contributed by atoms with Crippen LogP contribution >= 0.6 is 11.3 Å². The highest BCUT2D eigenvalue weighted by Crippen LogP contribution is 2.16. The Balaban J connectivity index is 2.14. The van der Waals surface area contributed by atoms with Crippen molar-refractivity contribution in [2.45, 2.75) is 12.8 Å². The van der Waals surface area contributed by atoms with Crippen LogP contribution < -0.4 is 5.73 Å². The monoisotopic (exact) mass is 282 g/mol. The highest BCUT2D eigenvalue weighted by molar-refractivity contribution is 7.09. The fourth-order valence-electron chi connectivity index (χ4n) is 1.63. The van der Waals surface area contributed by atoms with E-state index >= 15 is 0 Å². The van der Waals surface area contributed by atoms with E-state index < -0.39 is 11.6 Å². The second-order valence-electron chi connectivity index (χ2n) is 3.98. The number of ketones is 1. The number of carbonyl (C=O) groups excluding carboxylic acids is 1. The summed E-state index contributed by atoms with van der Waals surface area (Å²) in [6, 6.07) is 3.79. The maximum Gasteiger partial charge on any atom is 0.186 e. The summed E-state index contributed by atoms with van der Waals surface area (Å²) in [6.45, 7) is 0.458. The van der Waals surface area contributed by atoms with E-state index in [2.05, 4.69) is 4.98 Å². The lowest BCUT2D eigenvalue weighted by molar-refractivity contribution is 0.0987. The van der Waals surface area contributed by atoms with Crippen molar-refractivity contribution in [2.24, 2.45) is 5.73 Å². The smallest absolute Gasteiger partial charge is 0.186 e. The van der Waals surface area contributed by atoms with Crippen molar-refractivity contribution in [2.75, 3.05) is 6.54 Å². The average molecular weight is 282 g/mol. The van der Waals surface area contributed by atoms with E-state index in [1.807, 2.05) is 0 Å². The molecule has 3 nitrogen and oxygen atoms in total. The van der Waals surface area contributed by atoms with E-state index in [4.69, 9.17) is 5.73 Å². The molecular weight excluding hydrogens is 270 g/mol. The van der Waals surface area contributed by atoms with Crippen LogP contribution in [-0.2, 0) is 12.8 Å². The molecule has 0 aliphatic heterocycles. The van der Waals surface area contributed by atoms with Crippen LogP contribution in [0.2, 0.25) is 0 Å². The van der Waals surface area contributed by atoms with Gasteiger partial charge in [-0.2, -0.15) is 0 Å². The second-order valence-corrected chi connectivity index (χ2v) is 4.92. The van der Waals surface area contributed by atoms with Crippen LogP contribution in [0.4, 0.5) is 8.78 Å². The van der Waals surface area contributed by atoms with Gasteiger partial charge in [-0.1, -0.05) is 12.1 Å². The van der Waals surface area contributed by atoms with Crippen LogP contribution in [-0.4, -0.2) is 17.3 Å². The first-order valence-electron chi connectivity index (χ1n) is 5.72. The van der Waals surface area contributed by atoms with Crippen LogP contribution in [0.1, 0.15) is 21.1 Å². The van der Waals surface area contributed by atoms with Crippen molar-refractivity contribution in [3.63, 3.8) is 0 Å². The zero-order valence-corrected chi connectivity index (χ0v) is 10.8. The number of aromatic nitrogens is 1. The molecule has 0 unspecified atom stereocenters. The molecule has 0 amide bonds. The van der Waals surface area contributed by atoms with E-state index in [0.717, 1.165) is 11.1 Å². The Morgan fingerprint density at radius 1 is 1.37 bits per heavy atom. The van der Waals surface area contributed by atoms with Gasteiger partial charge in [0.15, 0.2) is 17.4 Å². The van der Waals surface area contributed by atoms with E-state index in [1.165, 1.54) is 23.5 Å². The van der Waals surface area contributed by atoms with Crippen LogP contribution in [0.15, 0.2) is 23.6 Å². The molecule has 0 saturated heterocycles. The fourth-order valence-corrected chi connectivity index (χ4v) is 2.44. The molecule has 0 radical (unpaired) electrons. The first kappa shape index (κ1) is 13.8. The molecule has 0 aliphatic carbocycles. The third-order valence-corrected chi connectivity index (χ3v) is 3.49. The largest absolute Gasteiger partial charge is 0.330 e. The standard InChI is InChI=1S/C13H12F2N2OS/c14-9-3-1-2-8(13(9)15)6-11(18)10-7-19-12(17-10)4-5-16/h1-3,7H,4-6,16H2. The summed E-state index contributed by atoms with van der Waals surface area (Å²) in [6.07, 6.45) is 0.404. The van der Waals surface area contributed by atoms with Crippen molar-refractivity contribution >= 4 is 17.1 Å². The van der Waals surface area contributed by atoms with Gasteiger partial charge in [0.2, 0.25) is 0 Å². The molecule has 1 heterocycles. The van der Waals surface area contributed by atoms with Gasteiger partial charge in [0.05, 0.1) is 5.01 Å². The number of Topliss-reactive ketones (excluding diaryl/α,β-unsaturated/α-hetero) is 1. The number of thiazole rings is 1. The van der Waals surface area contributed by atoms with Crippen molar-refractivity contribution < 1.29 is 13.6 Å². The second kappa shape index (κ2) is 5.99. The van der Waals surface area contributed by atoms with Gasteiger partial charge in [-0.3, -0.25) is 4.79 Å². The van der Waals surface area contributed by atoms with Gasteiger partial charge in [0.1, 0.15) is 5.69 Å². The molecule has 0 bridgehead atoms. The van der Waals surface area contributed by atoms with Crippen LogP contribution in [0, 0.1) is 11.6 Å². The number of halogens is 2. The highest BCUT2D eigenvalue weighted by Gasteiger charge is 2.15. The molecule has 2 rings (SSSR count). The number of rotatable bonds is 5. The summed E-state index contributed by atoms with van der Waals surface area (Å²) < 4.78 is 26.5. The Labute approximate surface area is 113 Å². The van der Waals surface area contributed by atoms with Crippen molar-refractivity contribution in [3.8, 4) is 0 Å². The SMILES string of the molecule is NCCc1nc(C(=O)Cc2cccc(F)c2F)cs1. The predicted molar refractivity (Wildman–Crippen MR) is 69.3 cm³/mol. The van der Waals surface area contributed by atoms with Gasteiger partial charge in [-0.05, 0) is 18.2 Å². The molecule has 0 fully saturated rings. The van der Waals surface area contributed by atoms with E-state index in [1.54, 1.807) is 5.38 Å². The van der Waals surface area contributed by atoms with Gasteiger partial charge in [0.25, 0.3) is 0 Å². The topological polar surface area (TPSA) is 56.0 Å². The Bertz CT molecular complexity index is 598. The molecule has 2 aromatic rings. The Hall–Kier alpha value is -1.66. The molecule has 0 spiro atoms. The van der Waals surface area contributed by atoms with Crippen molar-refractivity contribution in [3.05, 3.63) is 51.5 Å². The average Bonchev–Trinajstić information content (AvgIpc) is 2.84. The van der Waals surface area contributed by atoms with Crippen LogP contribution in [0.5, 0.6) is 0 Å². The van der Waals surface area contributed by atoms with Gasteiger partial charge in [0, 0.05) is 18.2 Å². The van der Waals surface area contributed by atoms with Gasteiger partial charge >= 0.3 is 0 Å². The van der Waals surface area contributed by atoms with Crippen molar-refractivity contribution in [1.82, 2.24) is 4.98 Å².